The maximum atomic E-state index is 13.2. The molecule has 1 aliphatic heterocycles. The largest absolute Gasteiger partial charge is 0.346 e. The van der Waals surface area contributed by atoms with Gasteiger partial charge in [0, 0.05) is 24.7 Å². The van der Waals surface area contributed by atoms with Gasteiger partial charge in [-0.05, 0) is 35.6 Å². The lowest BCUT2D eigenvalue weighted by Gasteiger charge is -2.33. The Kier molecular flexibility index (Phi) is 5.02. The summed E-state index contributed by atoms with van der Waals surface area (Å²) in [6.07, 6.45) is 5.60. The van der Waals surface area contributed by atoms with E-state index in [1.54, 1.807) is 6.20 Å². The number of benzene rings is 2. The zero-order valence-corrected chi connectivity index (χ0v) is 18.7. The van der Waals surface area contributed by atoms with Crippen molar-refractivity contribution in [3.8, 4) is 11.1 Å². The van der Waals surface area contributed by atoms with Gasteiger partial charge in [-0.3, -0.25) is 9.36 Å². The SMILES string of the molecule is O=C(Cc1ccc(-c2ccccc2)cc1)N1CCCC(n2c(=O)[nH]c3cnc4[nH]ccc4c32)C1. The van der Waals surface area contributed by atoms with Gasteiger partial charge in [0.25, 0.3) is 0 Å². The highest BCUT2D eigenvalue weighted by molar-refractivity contribution is 6.01. The summed E-state index contributed by atoms with van der Waals surface area (Å²) in [6, 6.07) is 20.3. The summed E-state index contributed by atoms with van der Waals surface area (Å²) in [5.74, 6) is 0.0958. The number of piperidine rings is 1. The van der Waals surface area contributed by atoms with E-state index in [1.807, 2.05) is 52.1 Å². The van der Waals surface area contributed by atoms with Crippen LogP contribution < -0.4 is 5.69 Å². The van der Waals surface area contributed by atoms with Gasteiger partial charge in [-0.2, -0.15) is 0 Å². The summed E-state index contributed by atoms with van der Waals surface area (Å²) < 4.78 is 1.82. The zero-order valence-electron chi connectivity index (χ0n) is 18.7. The quantitative estimate of drug-likeness (QED) is 0.428. The summed E-state index contributed by atoms with van der Waals surface area (Å²) in [5, 5.41) is 0.915. The highest BCUT2D eigenvalue weighted by Gasteiger charge is 2.28. The van der Waals surface area contributed by atoms with Crippen molar-refractivity contribution in [2.45, 2.75) is 25.3 Å². The number of carbonyl (C=O) groups excluding carboxylic acids is 1. The average molecular weight is 452 g/mol. The Labute approximate surface area is 196 Å². The van der Waals surface area contributed by atoms with Crippen LogP contribution >= 0.6 is 0 Å². The van der Waals surface area contributed by atoms with Crippen LogP contribution in [-0.4, -0.2) is 43.4 Å². The summed E-state index contributed by atoms with van der Waals surface area (Å²) >= 11 is 0. The summed E-state index contributed by atoms with van der Waals surface area (Å²) in [7, 11) is 0. The van der Waals surface area contributed by atoms with E-state index in [9.17, 15) is 9.59 Å². The molecule has 7 nitrogen and oxygen atoms in total. The normalized spacial score (nSPS) is 16.4. The van der Waals surface area contributed by atoms with E-state index < -0.39 is 0 Å². The Morgan fingerprint density at radius 1 is 1.03 bits per heavy atom. The Morgan fingerprint density at radius 2 is 1.82 bits per heavy atom. The van der Waals surface area contributed by atoms with E-state index in [0.717, 1.165) is 58.1 Å². The van der Waals surface area contributed by atoms with Crippen LogP contribution in [0.25, 0.3) is 33.2 Å². The molecule has 0 aliphatic carbocycles. The van der Waals surface area contributed by atoms with Crippen molar-refractivity contribution in [1.82, 2.24) is 24.4 Å². The predicted molar refractivity (Wildman–Crippen MR) is 133 cm³/mol. The van der Waals surface area contributed by atoms with Crippen LogP contribution in [0.15, 0.2) is 77.9 Å². The van der Waals surface area contributed by atoms with E-state index in [2.05, 4.69) is 39.2 Å². The van der Waals surface area contributed by atoms with Crippen LogP contribution in [0, 0.1) is 0 Å². The molecule has 1 aliphatic rings. The lowest BCUT2D eigenvalue weighted by Crippen LogP contribution is -2.43. The van der Waals surface area contributed by atoms with Gasteiger partial charge < -0.3 is 14.9 Å². The number of amides is 1. The summed E-state index contributed by atoms with van der Waals surface area (Å²) in [6.45, 7) is 1.25. The second-order valence-electron chi connectivity index (χ2n) is 8.94. The third-order valence-corrected chi connectivity index (χ3v) is 6.79. The number of imidazole rings is 1. The minimum absolute atomic E-state index is 0.0695. The second kappa shape index (κ2) is 8.33. The van der Waals surface area contributed by atoms with Crippen molar-refractivity contribution in [2.75, 3.05) is 13.1 Å². The molecule has 4 heterocycles. The molecular formula is C27H25N5O2. The maximum Gasteiger partial charge on any atom is 0.326 e. The van der Waals surface area contributed by atoms with E-state index in [1.165, 1.54) is 0 Å². The first-order chi connectivity index (χ1) is 16.7. The number of rotatable bonds is 4. The molecule has 5 aromatic rings. The minimum atomic E-state index is -0.152. The molecule has 0 radical (unpaired) electrons. The number of pyridine rings is 1. The number of nitrogens with one attached hydrogen (secondary N) is 2. The van der Waals surface area contributed by atoms with Crippen LogP contribution in [-0.2, 0) is 11.2 Å². The highest BCUT2D eigenvalue weighted by atomic mass is 16.2. The number of aromatic nitrogens is 4. The summed E-state index contributed by atoms with van der Waals surface area (Å²) in [5.41, 5.74) is 5.47. The number of H-pyrrole nitrogens is 2. The number of nitrogens with zero attached hydrogens (tertiary/aromatic N) is 3. The molecular weight excluding hydrogens is 426 g/mol. The van der Waals surface area contributed by atoms with Crippen LogP contribution in [0.2, 0.25) is 0 Å². The zero-order chi connectivity index (χ0) is 23.1. The molecule has 0 spiro atoms. The molecule has 34 heavy (non-hydrogen) atoms. The molecule has 170 valence electrons. The Morgan fingerprint density at radius 3 is 2.65 bits per heavy atom. The fourth-order valence-electron chi connectivity index (χ4n) is 5.09. The molecule has 1 fully saturated rings. The molecule has 6 rings (SSSR count). The van der Waals surface area contributed by atoms with Crippen molar-refractivity contribution in [3.63, 3.8) is 0 Å². The molecule has 0 saturated carbocycles. The molecule has 1 unspecified atom stereocenters. The first-order valence-corrected chi connectivity index (χ1v) is 11.7. The fraction of sp³-hybridized carbons (Fsp3) is 0.222. The van der Waals surface area contributed by atoms with Gasteiger partial charge in [0.1, 0.15) is 5.65 Å². The number of hydrogen-bond acceptors (Lipinski definition) is 3. The second-order valence-corrected chi connectivity index (χ2v) is 8.94. The van der Waals surface area contributed by atoms with Crippen molar-refractivity contribution in [1.29, 1.82) is 0 Å². The molecule has 3 aromatic heterocycles. The first kappa shape index (κ1) is 20.5. The van der Waals surface area contributed by atoms with E-state index in [-0.39, 0.29) is 17.6 Å². The van der Waals surface area contributed by atoms with Gasteiger partial charge in [0.2, 0.25) is 5.91 Å². The Bertz CT molecular complexity index is 1530. The number of fused-ring (bicyclic) bond motifs is 3. The topological polar surface area (TPSA) is 86.8 Å². The molecule has 1 amide bonds. The van der Waals surface area contributed by atoms with E-state index in [0.29, 0.717) is 13.0 Å². The van der Waals surface area contributed by atoms with Crippen LogP contribution in [0.3, 0.4) is 0 Å². The molecule has 2 N–H and O–H groups in total. The molecule has 1 saturated heterocycles. The lowest BCUT2D eigenvalue weighted by atomic mass is 10.0. The Hall–Kier alpha value is -4.13. The monoisotopic (exact) mass is 451 g/mol. The van der Waals surface area contributed by atoms with Gasteiger partial charge in [-0.25, -0.2) is 9.78 Å². The van der Waals surface area contributed by atoms with Gasteiger partial charge in [-0.15, -0.1) is 0 Å². The van der Waals surface area contributed by atoms with Crippen LogP contribution in [0.1, 0.15) is 24.4 Å². The number of carbonyl (C=O) groups is 1. The third kappa shape index (κ3) is 3.59. The van der Waals surface area contributed by atoms with Gasteiger partial charge in [0.05, 0.1) is 29.7 Å². The molecule has 2 aromatic carbocycles. The van der Waals surface area contributed by atoms with Gasteiger partial charge >= 0.3 is 5.69 Å². The fourth-order valence-corrected chi connectivity index (χ4v) is 5.09. The van der Waals surface area contributed by atoms with Gasteiger partial charge in [0.15, 0.2) is 0 Å². The predicted octanol–water partition coefficient (Wildman–Crippen LogP) is 4.28. The number of hydrogen-bond donors (Lipinski definition) is 2. The number of likely N-dealkylation sites (tertiary alicyclic amines) is 1. The van der Waals surface area contributed by atoms with E-state index >= 15 is 0 Å². The minimum Gasteiger partial charge on any atom is -0.346 e. The summed E-state index contributed by atoms with van der Waals surface area (Å²) in [4.78, 5) is 38.4. The highest BCUT2D eigenvalue weighted by Crippen LogP contribution is 2.28. The van der Waals surface area contributed by atoms with Crippen molar-refractivity contribution >= 4 is 28.0 Å². The third-order valence-electron chi connectivity index (χ3n) is 6.79. The van der Waals surface area contributed by atoms with Crippen molar-refractivity contribution in [3.05, 3.63) is 89.1 Å². The van der Waals surface area contributed by atoms with Gasteiger partial charge in [-0.1, -0.05) is 54.6 Å². The number of aromatic amines is 2. The average Bonchev–Trinajstić information content (AvgIpc) is 3.48. The maximum absolute atomic E-state index is 13.2. The van der Waals surface area contributed by atoms with Crippen molar-refractivity contribution < 1.29 is 4.79 Å². The molecule has 7 heteroatoms. The lowest BCUT2D eigenvalue weighted by molar-refractivity contribution is -0.132. The standard InChI is InChI=1S/C27H25N5O2/c33-24(15-18-8-10-20(11-9-18)19-5-2-1-3-6-19)31-14-4-7-21(17-31)32-25-22-12-13-28-26(22)29-16-23(25)30-27(32)34/h1-3,5-6,8-13,16,21H,4,7,14-15,17H2,(H,28,29)(H,30,34). The molecule has 0 bridgehead atoms. The van der Waals surface area contributed by atoms with Crippen LogP contribution in [0.4, 0.5) is 0 Å². The Balaban J connectivity index is 1.22. The van der Waals surface area contributed by atoms with Crippen molar-refractivity contribution in [2.24, 2.45) is 0 Å². The molecule has 1 atom stereocenters. The smallest absolute Gasteiger partial charge is 0.326 e. The first-order valence-electron chi connectivity index (χ1n) is 11.7. The van der Waals surface area contributed by atoms with E-state index in [4.69, 9.17) is 0 Å². The van der Waals surface area contributed by atoms with Crippen LogP contribution in [0.5, 0.6) is 0 Å².